The maximum absolute atomic E-state index is 11.8. The number of halogens is 2. The van der Waals surface area contributed by atoms with Gasteiger partial charge in [-0.3, -0.25) is 4.79 Å². The van der Waals surface area contributed by atoms with Crippen LogP contribution in [0.3, 0.4) is 0 Å². The molecule has 6 heteroatoms. The summed E-state index contributed by atoms with van der Waals surface area (Å²) in [5.41, 5.74) is 0.518. The first kappa shape index (κ1) is 12.1. The van der Waals surface area contributed by atoms with E-state index >= 15 is 0 Å². The first-order valence-corrected chi connectivity index (χ1v) is 6.05. The molecule has 2 aromatic rings. The zero-order valence-electron chi connectivity index (χ0n) is 8.71. The summed E-state index contributed by atoms with van der Waals surface area (Å²) in [6.07, 6.45) is 3.34. The third kappa shape index (κ3) is 3.08. The van der Waals surface area contributed by atoms with Gasteiger partial charge in [0.1, 0.15) is 5.82 Å². The third-order valence-electron chi connectivity index (χ3n) is 2.15. The molecule has 88 valence electrons. The van der Waals surface area contributed by atoms with Crippen molar-refractivity contribution >= 4 is 33.4 Å². The molecule has 4 nitrogen and oxygen atoms in total. The van der Waals surface area contributed by atoms with Crippen LogP contribution in [0.1, 0.15) is 16.2 Å². The molecule has 0 aliphatic carbocycles. The Labute approximate surface area is 112 Å². The Bertz CT molecular complexity index is 528. The number of H-pyrrole nitrogens is 1. The molecule has 0 fully saturated rings. The average molecular weight is 315 g/mol. The second-order valence-corrected chi connectivity index (χ2v) is 4.61. The highest BCUT2D eigenvalue weighted by Gasteiger charge is 2.07. The molecule has 17 heavy (non-hydrogen) atoms. The van der Waals surface area contributed by atoms with Crippen molar-refractivity contribution in [2.75, 3.05) is 0 Å². The summed E-state index contributed by atoms with van der Waals surface area (Å²) in [5.74, 6) is 0.525. The van der Waals surface area contributed by atoms with Gasteiger partial charge in [0.2, 0.25) is 0 Å². The van der Waals surface area contributed by atoms with E-state index in [1.165, 1.54) is 0 Å². The van der Waals surface area contributed by atoms with Gasteiger partial charge in [0.25, 0.3) is 5.91 Å². The Balaban J connectivity index is 2.02. The number of carbonyl (C=O) groups is 1. The predicted octanol–water partition coefficient (Wildman–Crippen LogP) is 2.76. The number of hydrogen-bond acceptors (Lipinski definition) is 2. The Morgan fingerprint density at radius 3 is 3.00 bits per heavy atom. The molecule has 0 aliphatic rings. The minimum atomic E-state index is -0.184. The second-order valence-electron chi connectivity index (χ2n) is 3.35. The van der Waals surface area contributed by atoms with Crippen LogP contribution in [-0.2, 0) is 6.54 Å². The number of amides is 1. The van der Waals surface area contributed by atoms with Crippen LogP contribution in [0.2, 0.25) is 5.02 Å². The van der Waals surface area contributed by atoms with Gasteiger partial charge >= 0.3 is 0 Å². The van der Waals surface area contributed by atoms with Crippen molar-refractivity contribution in [1.82, 2.24) is 15.3 Å². The monoisotopic (exact) mass is 313 g/mol. The summed E-state index contributed by atoms with van der Waals surface area (Å²) in [6, 6.07) is 5.06. The van der Waals surface area contributed by atoms with Gasteiger partial charge in [-0.15, -0.1) is 0 Å². The molecule has 0 aliphatic heterocycles. The lowest BCUT2D eigenvalue weighted by Gasteiger charge is -2.04. The molecular formula is C11H9BrClN3O. The molecule has 0 saturated heterocycles. The smallest absolute Gasteiger partial charge is 0.251 e. The first-order valence-electron chi connectivity index (χ1n) is 4.88. The van der Waals surface area contributed by atoms with E-state index in [0.29, 0.717) is 23.0 Å². The summed E-state index contributed by atoms with van der Waals surface area (Å²) in [5, 5.41) is 3.25. The van der Waals surface area contributed by atoms with E-state index in [4.69, 9.17) is 11.6 Å². The summed E-state index contributed by atoms with van der Waals surface area (Å²) in [6.45, 7) is 0.361. The molecule has 0 unspecified atom stereocenters. The van der Waals surface area contributed by atoms with Crippen LogP contribution in [0.5, 0.6) is 0 Å². The third-order valence-corrected chi connectivity index (χ3v) is 3.39. The topological polar surface area (TPSA) is 57.8 Å². The van der Waals surface area contributed by atoms with Crippen LogP contribution < -0.4 is 5.32 Å². The number of nitrogens with one attached hydrogen (secondary N) is 2. The van der Waals surface area contributed by atoms with Crippen LogP contribution in [0, 0.1) is 0 Å². The van der Waals surface area contributed by atoms with Gasteiger partial charge in [-0.2, -0.15) is 0 Å². The summed E-state index contributed by atoms with van der Waals surface area (Å²) < 4.78 is 0.766. The quantitative estimate of drug-likeness (QED) is 0.915. The van der Waals surface area contributed by atoms with Gasteiger partial charge in [0.15, 0.2) is 0 Å². The highest BCUT2D eigenvalue weighted by molar-refractivity contribution is 9.10. The molecule has 0 atom stereocenters. The van der Waals surface area contributed by atoms with Crippen molar-refractivity contribution in [2.45, 2.75) is 6.54 Å². The van der Waals surface area contributed by atoms with E-state index < -0.39 is 0 Å². The zero-order valence-corrected chi connectivity index (χ0v) is 11.0. The molecule has 1 aromatic carbocycles. The van der Waals surface area contributed by atoms with Gasteiger partial charge in [0, 0.05) is 22.4 Å². The fourth-order valence-electron chi connectivity index (χ4n) is 1.30. The molecule has 0 bridgehead atoms. The molecule has 2 N–H and O–H groups in total. The van der Waals surface area contributed by atoms with Crippen LogP contribution in [0.25, 0.3) is 0 Å². The van der Waals surface area contributed by atoms with E-state index in [1.54, 1.807) is 30.6 Å². The fraction of sp³-hybridized carbons (Fsp3) is 0.0909. The number of imidazole rings is 1. The minimum absolute atomic E-state index is 0.184. The van der Waals surface area contributed by atoms with Crippen molar-refractivity contribution in [3.8, 4) is 0 Å². The number of aromatic nitrogens is 2. The van der Waals surface area contributed by atoms with E-state index in [0.717, 1.165) is 4.47 Å². The number of aromatic amines is 1. The van der Waals surface area contributed by atoms with Crippen LogP contribution in [0.4, 0.5) is 0 Å². The highest BCUT2D eigenvalue weighted by Crippen LogP contribution is 2.23. The summed E-state index contributed by atoms with van der Waals surface area (Å²) >= 11 is 9.18. The molecule has 0 spiro atoms. The summed E-state index contributed by atoms with van der Waals surface area (Å²) in [4.78, 5) is 18.7. The maximum Gasteiger partial charge on any atom is 0.251 e. The molecule has 1 heterocycles. The zero-order chi connectivity index (χ0) is 12.3. The fourth-order valence-corrected chi connectivity index (χ4v) is 1.73. The van der Waals surface area contributed by atoms with Crippen molar-refractivity contribution in [2.24, 2.45) is 0 Å². The van der Waals surface area contributed by atoms with Crippen molar-refractivity contribution < 1.29 is 4.79 Å². The number of carbonyl (C=O) groups excluding carboxylic acids is 1. The van der Waals surface area contributed by atoms with Crippen LogP contribution in [0.15, 0.2) is 35.1 Å². The van der Waals surface area contributed by atoms with E-state index in [-0.39, 0.29) is 5.91 Å². The molecule has 2 rings (SSSR count). The van der Waals surface area contributed by atoms with Gasteiger partial charge in [0.05, 0.1) is 11.6 Å². The standard InChI is InChI=1S/C11H9BrClN3O/c12-8-2-1-7(5-9(8)13)11(17)16-6-10-14-3-4-15-10/h1-5H,6H2,(H,14,15)(H,16,17). The largest absolute Gasteiger partial charge is 0.347 e. The van der Waals surface area contributed by atoms with E-state index in [2.05, 4.69) is 31.2 Å². The highest BCUT2D eigenvalue weighted by atomic mass is 79.9. The number of hydrogen-bond donors (Lipinski definition) is 2. The average Bonchev–Trinajstić information content (AvgIpc) is 2.82. The Kier molecular flexibility index (Phi) is 3.81. The number of nitrogens with zero attached hydrogens (tertiary/aromatic N) is 1. The Morgan fingerprint density at radius 1 is 1.53 bits per heavy atom. The first-order chi connectivity index (χ1) is 8.16. The Morgan fingerprint density at radius 2 is 2.35 bits per heavy atom. The lowest BCUT2D eigenvalue weighted by molar-refractivity contribution is 0.0950. The SMILES string of the molecule is O=C(NCc1ncc[nH]1)c1ccc(Br)c(Cl)c1. The van der Waals surface area contributed by atoms with E-state index in [1.807, 2.05) is 0 Å². The van der Waals surface area contributed by atoms with Crippen molar-refractivity contribution in [3.63, 3.8) is 0 Å². The predicted molar refractivity (Wildman–Crippen MR) is 68.9 cm³/mol. The van der Waals surface area contributed by atoms with Crippen LogP contribution >= 0.6 is 27.5 Å². The maximum atomic E-state index is 11.8. The molecule has 1 aromatic heterocycles. The van der Waals surface area contributed by atoms with Gasteiger partial charge in [-0.1, -0.05) is 11.6 Å². The lowest BCUT2D eigenvalue weighted by atomic mass is 10.2. The lowest BCUT2D eigenvalue weighted by Crippen LogP contribution is -2.23. The molecule has 1 amide bonds. The Hall–Kier alpha value is -1.33. The second kappa shape index (κ2) is 5.33. The van der Waals surface area contributed by atoms with Gasteiger partial charge in [-0.05, 0) is 34.1 Å². The van der Waals surface area contributed by atoms with Gasteiger partial charge < -0.3 is 10.3 Å². The number of benzene rings is 1. The molecule has 0 radical (unpaired) electrons. The van der Waals surface area contributed by atoms with Crippen molar-refractivity contribution in [3.05, 3.63) is 51.5 Å². The number of rotatable bonds is 3. The summed E-state index contributed by atoms with van der Waals surface area (Å²) in [7, 11) is 0. The van der Waals surface area contributed by atoms with Crippen LogP contribution in [-0.4, -0.2) is 15.9 Å². The molecule has 0 saturated carbocycles. The minimum Gasteiger partial charge on any atom is -0.347 e. The normalized spacial score (nSPS) is 10.2. The van der Waals surface area contributed by atoms with Gasteiger partial charge in [-0.25, -0.2) is 4.98 Å². The van der Waals surface area contributed by atoms with E-state index in [9.17, 15) is 4.79 Å². The molecular weight excluding hydrogens is 305 g/mol. The van der Waals surface area contributed by atoms with Crippen molar-refractivity contribution in [1.29, 1.82) is 0 Å².